The molecule has 1 amide bonds. The Morgan fingerprint density at radius 2 is 2.13 bits per heavy atom. The zero-order chi connectivity index (χ0) is 16.1. The van der Waals surface area contributed by atoms with Crippen LogP contribution in [0, 0.1) is 0 Å². The number of nitrogens with zero attached hydrogens (tertiary/aromatic N) is 4. The largest absolute Gasteiger partial charge is 0.421 e. The maximum absolute atomic E-state index is 12.2. The highest BCUT2D eigenvalue weighted by atomic mass is 32.1. The molecule has 1 saturated heterocycles. The summed E-state index contributed by atoms with van der Waals surface area (Å²) in [5.41, 5.74) is 0.917. The first-order valence-electron chi connectivity index (χ1n) is 7.72. The Labute approximate surface area is 138 Å². The van der Waals surface area contributed by atoms with Crippen LogP contribution in [-0.4, -0.2) is 70.3 Å². The Balaban J connectivity index is 1.46. The summed E-state index contributed by atoms with van der Waals surface area (Å²) in [6, 6.07) is 1.93. The van der Waals surface area contributed by atoms with Gasteiger partial charge < -0.3 is 14.4 Å². The molecule has 1 fully saturated rings. The summed E-state index contributed by atoms with van der Waals surface area (Å²) in [4.78, 5) is 16.3. The highest BCUT2D eigenvalue weighted by molar-refractivity contribution is 7.08. The van der Waals surface area contributed by atoms with E-state index in [1.807, 2.05) is 21.7 Å². The number of aliphatic hydroxyl groups is 1. The van der Waals surface area contributed by atoms with Crippen molar-refractivity contribution in [2.45, 2.75) is 12.8 Å². The van der Waals surface area contributed by atoms with Crippen molar-refractivity contribution in [1.82, 2.24) is 20.0 Å². The quantitative estimate of drug-likeness (QED) is 0.843. The molecule has 0 unspecified atom stereocenters. The minimum Gasteiger partial charge on any atom is -0.421 e. The van der Waals surface area contributed by atoms with Gasteiger partial charge in [-0.2, -0.15) is 11.3 Å². The first kappa shape index (κ1) is 16.1. The molecule has 0 spiro atoms. The lowest BCUT2D eigenvalue weighted by molar-refractivity contribution is -0.133. The molecule has 1 aliphatic heterocycles. The molecule has 8 heteroatoms. The van der Waals surface area contributed by atoms with Gasteiger partial charge in [0.25, 0.3) is 0 Å². The number of rotatable bonds is 6. The fourth-order valence-electron chi connectivity index (χ4n) is 2.59. The molecule has 23 heavy (non-hydrogen) atoms. The lowest BCUT2D eigenvalue weighted by atomic mass is 10.2. The molecule has 0 bridgehead atoms. The number of amides is 1. The molecule has 3 rings (SSSR count). The highest BCUT2D eigenvalue weighted by Crippen LogP contribution is 2.20. The van der Waals surface area contributed by atoms with Gasteiger partial charge in [-0.3, -0.25) is 9.69 Å². The van der Waals surface area contributed by atoms with Gasteiger partial charge in [-0.25, -0.2) is 0 Å². The van der Waals surface area contributed by atoms with Crippen LogP contribution in [0.1, 0.15) is 12.3 Å². The Kier molecular flexibility index (Phi) is 5.37. The summed E-state index contributed by atoms with van der Waals surface area (Å²) in [5, 5.41) is 20.9. The van der Waals surface area contributed by atoms with Crippen LogP contribution in [0.4, 0.5) is 0 Å². The lowest BCUT2D eigenvalue weighted by Crippen LogP contribution is -2.49. The standard InChI is InChI=1S/C15H20N4O3S/c20-9-8-18-4-6-19(7-5-18)14(21)2-1-13-16-17-15(22-13)12-3-10-23-11-12/h3,10-11,20H,1-2,4-9H2. The number of thiophene rings is 1. The number of carbonyl (C=O) groups is 1. The van der Waals surface area contributed by atoms with E-state index < -0.39 is 0 Å². The average molecular weight is 336 g/mol. The predicted octanol–water partition coefficient (Wildman–Crippen LogP) is 0.867. The maximum Gasteiger partial charge on any atom is 0.248 e. The molecular formula is C15H20N4O3S. The van der Waals surface area contributed by atoms with E-state index in [2.05, 4.69) is 15.1 Å². The van der Waals surface area contributed by atoms with Gasteiger partial charge in [-0.1, -0.05) is 0 Å². The molecule has 124 valence electrons. The molecule has 3 heterocycles. The smallest absolute Gasteiger partial charge is 0.248 e. The van der Waals surface area contributed by atoms with Gasteiger partial charge in [0.15, 0.2) is 0 Å². The van der Waals surface area contributed by atoms with Crippen molar-refractivity contribution in [2.24, 2.45) is 0 Å². The van der Waals surface area contributed by atoms with E-state index in [1.165, 1.54) is 0 Å². The second-order valence-electron chi connectivity index (χ2n) is 5.46. The number of hydrogen-bond donors (Lipinski definition) is 1. The number of aryl methyl sites for hydroxylation is 1. The SMILES string of the molecule is O=C(CCc1nnc(-c2ccsc2)o1)N1CCN(CCO)CC1. The molecule has 0 atom stereocenters. The van der Waals surface area contributed by atoms with Crippen LogP contribution >= 0.6 is 11.3 Å². The Morgan fingerprint density at radius 1 is 1.30 bits per heavy atom. The molecule has 2 aromatic heterocycles. The van der Waals surface area contributed by atoms with Crippen molar-refractivity contribution in [3.8, 4) is 11.5 Å². The van der Waals surface area contributed by atoms with Crippen molar-refractivity contribution in [1.29, 1.82) is 0 Å². The van der Waals surface area contributed by atoms with Crippen LogP contribution < -0.4 is 0 Å². The number of aromatic nitrogens is 2. The summed E-state index contributed by atoms with van der Waals surface area (Å²) >= 11 is 1.58. The van der Waals surface area contributed by atoms with Crippen molar-refractivity contribution in [2.75, 3.05) is 39.3 Å². The third-order valence-electron chi connectivity index (χ3n) is 3.93. The van der Waals surface area contributed by atoms with Gasteiger partial charge >= 0.3 is 0 Å². The third kappa shape index (κ3) is 4.15. The van der Waals surface area contributed by atoms with E-state index in [4.69, 9.17) is 9.52 Å². The molecule has 1 aliphatic rings. The second kappa shape index (κ2) is 7.67. The topological polar surface area (TPSA) is 82.7 Å². The molecule has 7 nitrogen and oxygen atoms in total. The minimum atomic E-state index is 0.115. The molecule has 0 aliphatic carbocycles. The average Bonchev–Trinajstić information content (AvgIpc) is 3.25. The van der Waals surface area contributed by atoms with E-state index in [0.29, 0.717) is 44.3 Å². The van der Waals surface area contributed by atoms with Crippen LogP contribution in [0.2, 0.25) is 0 Å². The molecular weight excluding hydrogens is 316 g/mol. The van der Waals surface area contributed by atoms with E-state index in [0.717, 1.165) is 18.7 Å². The zero-order valence-corrected chi connectivity index (χ0v) is 13.7. The summed E-state index contributed by atoms with van der Waals surface area (Å²) in [6.07, 6.45) is 0.845. The molecule has 1 N–H and O–H groups in total. The summed E-state index contributed by atoms with van der Waals surface area (Å²) < 4.78 is 5.59. The van der Waals surface area contributed by atoms with Gasteiger partial charge in [-0.05, 0) is 11.4 Å². The van der Waals surface area contributed by atoms with E-state index in [1.54, 1.807) is 11.3 Å². The summed E-state index contributed by atoms with van der Waals surface area (Å²) in [5.74, 6) is 1.12. The van der Waals surface area contributed by atoms with E-state index in [-0.39, 0.29) is 12.5 Å². The van der Waals surface area contributed by atoms with Crippen molar-refractivity contribution >= 4 is 17.2 Å². The zero-order valence-electron chi connectivity index (χ0n) is 12.8. The van der Waals surface area contributed by atoms with Gasteiger partial charge in [-0.15, -0.1) is 10.2 Å². The van der Waals surface area contributed by atoms with Gasteiger partial charge in [0.2, 0.25) is 17.7 Å². The minimum absolute atomic E-state index is 0.115. The highest BCUT2D eigenvalue weighted by Gasteiger charge is 2.21. The molecule has 2 aromatic rings. The van der Waals surface area contributed by atoms with Crippen LogP contribution in [0.3, 0.4) is 0 Å². The number of carbonyl (C=O) groups excluding carboxylic acids is 1. The van der Waals surface area contributed by atoms with Gasteiger partial charge in [0.05, 0.1) is 6.61 Å². The molecule has 0 saturated carbocycles. The van der Waals surface area contributed by atoms with E-state index >= 15 is 0 Å². The predicted molar refractivity (Wildman–Crippen MR) is 86.0 cm³/mol. The first-order valence-corrected chi connectivity index (χ1v) is 8.66. The van der Waals surface area contributed by atoms with Crippen LogP contribution in [-0.2, 0) is 11.2 Å². The monoisotopic (exact) mass is 336 g/mol. The fraction of sp³-hybridized carbons (Fsp3) is 0.533. The fourth-order valence-corrected chi connectivity index (χ4v) is 3.22. The van der Waals surface area contributed by atoms with Crippen molar-refractivity contribution in [3.05, 3.63) is 22.7 Å². The molecule has 0 aromatic carbocycles. The van der Waals surface area contributed by atoms with Gasteiger partial charge in [0.1, 0.15) is 0 Å². The summed E-state index contributed by atoms with van der Waals surface area (Å²) in [6.45, 7) is 3.89. The lowest BCUT2D eigenvalue weighted by Gasteiger charge is -2.34. The number of β-amino-alcohol motifs (C(OH)–C–C–N with tert-alkyl or cyclic N) is 1. The van der Waals surface area contributed by atoms with Crippen molar-refractivity contribution in [3.63, 3.8) is 0 Å². The van der Waals surface area contributed by atoms with E-state index in [9.17, 15) is 4.79 Å². The molecule has 0 radical (unpaired) electrons. The maximum atomic E-state index is 12.2. The number of hydrogen-bond acceptors (Lipinski definition) is 7. The number of piperazine rings is 1. The second-order valence-corrected chi connectivity index (χ2v) is 6.24. The first-order chi connectivity index (χ1) is 11.3. The van der Waals surface area contributed by atoms with Crippen LogP contribution in [0.5, 0.6) is 0 Å². The van der Waals surface area contributed by atoms with Crippen LogP contribution in [0.15, 0.2) is 21.2 Å². The Hall–Kier alpha value is -1.77. The van der Waals surface area contributed by atoms with Gasteiger partial charge in [0, 0.05) is 56.5 Å². The van der Waals surface area contributed by atoms with Crippen molar-refractivity contribution < 1.29 is 14.3 Å². The Bertz CT molecular complexity index is 620. The Morgan fingerprint density at radius 3 is 2.83 bits per heavy atom. The summed E-state index contributed by atoms with van der Waals surface area (Å²) in [7, 11) is 0. The normalized spacial score (nSPS) is 16.0. The third-order valence-corrected chi connectivity index (χ3v) is 4.61. The number of aliphatic hydroxyl groups excluding tert-OH is 1. The van der Waals surface area contributed by atoms with Crippen LogP contribution in [0.25, 0.3) is 11.5 Å².